The van der Waals surface area contributed by atoms with Crippen LogP contribution in [0.15, 0.2) is 30.5 Å². The predicted octanol–water partition coefficient (Wildman–Crippen LogP) is 1.88. The van der Waals surface area contributed by atoms with Gasteiger partial charge in [0.2, 0.25) is 5.95 Å². The third-order valence-electron chi connectivity index (χ3n) is 4.73. The maximum absolute atomic E-state index is 11.7. The first kappa shape index (κ1) is 17.0. The van der Waals surface area contributed by atoms with Crippen LogP contribution in [0.4, 0.5) is 17.3 Å². The predicted molar refractivity (Wildman–Crippen MR) is 104 cm³/mol. The Bertz CT molecular complexity index is 1040. The minimum absolute atomic E-state index is 0.324. The second kappa shape index (κ2) is 6.39. The fourth-order valence-electron chi connectivity index (χ4n) is 3.40. The van der Waals surface area contributed by atoms with E-state index in [-0.39, 0.29) is 0 Å². The van der Waals surface area contributed by atoms with Gasteiger partial charge in [-0.15, -0.1) is 0 Å². The van der Waals surface area contributed by atoms with E-state index < -0.39 is 5.91 Å². The Morgan fingerprint density at radius 2 is 2.11 bits per heavy atom. The molecule has 138 valence electrons. The van der Waals surface area contributed by atoms with Gasteiger partial charge in [0.25, 0.3) is 5.91 Å². The molecule has 1 aliphatic rings. The average Bonchev–Trinajstić information content (AvgIpc) is 2.99. The van der Waals surface area contributed by atoms with Crippen LogP contribution < -0.4 is 16.0 Å². The molecule has 0 unspecified atom stereocenters. The number of rotatable bonds is 4. The van der Waals surface area contributed by atoms with E-state index in [1.807, 2.05) is 49.5 Å². The maximum atomic E-state index is 11.7. The number of carbonyl (C=O) groups excluding carboxylic acids is 1. The molecule has 2 aromatic heterocycles. The zero-order chi connectivity index (χ0) is 19.1. The van der Waals surface area contributed by atoms with Gasteiger partial charge >= 0.3 is 0 Å². The summed E-state index contributed by atoms with van der Waals surface area (Å²) in [5.41, 5.74) is 11.3. The van der Waals surface area contributed by atoms with E-state index in [0.717, 1.165) is 40.3 Å². The number of fused-ring (bicyclic) bond motifs is 3. The molecule has 0 fully saturated rings. The summed E-state index contributed by atoms with van der Waals surface area (Å²) in [5, 5.41) is 7.55. The summed E-state index contributed by atoms with van der Waals surface area (Å²) in [7, 11) is 5.79. The van der Waals surface area contributed by atoms with Crippen molar-refractivity contribution in [1.29, 1.82) is 0 Å². The van der Waals surface area contributed by atoms with Crippen molar-refractivity contribution in [3.05, 3.63) is 47.3 Å². The van der Waals surface area contributed by atoms with Crippen LogP contribution in [0.3, 0.4) is 0 Å². The van der Waals surface area contributed by atoms with Gasteiger partial charge in [0.1, 0.15) is 0 Å². The molecule has 0 saturated carbocycles. The van der Waals surface area contributed by atoms with Gasteiger partial charge in [-0.1, -0.05) is 6.07 Å². The largest absolute Gasteiger partial charge is 0.378 e. The lowest BCUT2D eigenvalue weighted by Crippen LogP contribution is -2.16. The number of carbonyl (C=O) groups is 1. The van der Waals surface area contributed by atoms with Gasteiger partial charge in [-0.05, 0) is 36.6 Å². The first-order chi connectivity index (χ1) is 12.9. The Hall–Kier alpha value is -3.42. The summed E-state index contributed by atoms with van der Waals surface area (Å²) in [6, 6.07) is 8.01. The van der Waals surface area contributed by atoms with Crippen LogP contribution in [-0.4, -0.2) is 39.8 Å². The summed E-state index contributed by atoms with van der Waals surface area (Å²) in [6.45, 7) is 0. The molecule has 3 aromatic rings. The van der Waals surface area contributed by atoms with Crippen LogP contribution in [0.25, 0.3) is 11.4 Å². The molecule has 8 heteroatoms. The normalized spacial score (nSPS) is 12.3. The van der Waals surface area contributed by atoms with Crippen LogP contribution >= 0.6 is 0 Å². The van der Waals surface area contributed by atoms with Crippen molar-refractivity contribution in [3.8, 4) is 11.4 Å². The summed E-state index contributed by atoms with van der Waals surface area (Å²) < 4.78 is 1.68. The zero-order valence-electron chi connectivity index (χ0n) is 15.5. The first-order valence-electron chi connectivity index (χ1n) is 8.70. The van der Waals surface area contributed by atoms with E-state index in [1.54, 1.807) is 11.7 Å². The summed E-state index contributed by atoms with van der Waals surface area (Å²) >= 11 is 0. The van der Waals surface area contributed by atoms with Crippen molar-refractivity contribution < 1.29 is 4.79 Å². The second-order valence-corrected chi connectivity index (χ2v) is 6.80. The van der Waals surface area contributed by atoms with E-state index in [0.29, 0.717) is 18.1 Å². The maximum Gasteiger partial charge on any atom is 0.269 e. The molecule has 0 atom stereocenters. The van der Waals surface area contributed by atoms with Gasteiger partial charge in [-0.3, -0.25) is 9.48 Å². The Labute approximate surface area is 157 Å². The number of nitrogens with zero attached hydrogens (tertiary/aromatic N) is 5. The average molecular weight is 363 g/mol. The third-order valence-corrected chi connectivity index (χ3v) is 4.73. The lowest BCUT2D eigenvalue weighted by molar-refractivity contribution is 0.0994. The Kier molecular flexibility index (Phi) is 4.02. The number of aryl methyl sites for hydroxylation is 2. The third kappa shape index (κ3) is 2.99. The molecule has 1 amide bonds. The molecule has 0 saturated heterocycles. The van der Waals surface area contributed by atoms with E-state index in [2.05, 4.69) is 15.4 Å². The highest BCUT2D eigenvalue weighted by Gasteiger charge is 2.27. The number of aromatic nitrogens is 4. The minimum Gasteiger partial charge on any atom is -0.378 e. The van der Waals surface area contributed by atoms with Crippen molar-refractivity contribution in [2.45, 2.75) is 12.8 Å². The molecule has 0 spiro atoms. The molecule has 2 heterocycles. The van der Waals surface area contributed by atoms with Crippen molar-refractivity contribution in [2.75, 3.05) is 24.3 Å². The van der Waals surface area contributed by atoms with Crippen molar-refractivity contribution in [3.63, 3.8) is 0 Å². The highest BCUT2D eigenvalue weighted by atomic mass is 16.1. The van der Waals surface area contributed by atoms with E-state index >= 15 is 0 Å². The molecule has 0 bridgehead atoms. The fraction of sp³-hybridized carbons (Fsp3) is 0.263. The summed E-state index contributed by atoms with van der Waals surface area (Å²) in [4.78, 5) is 22.9. The first-order valence-corrected chi connectivity index (χ1v) is 8.70. The number of anilines is 3. The molecule has 1 aliphatic carbocycles. The van der Waals surface area contributed by atoms with Gasteiger partial charge in [-0.2, -0.15) is 5.10 Å². The van der Waals surface area contributed by atoms with Gasteiger partial charge in [-0.25, -0.2) is 9.97 Å². The minimum atomic E-state index is -0.511. The molecule has 8 nitrogen and oxygen atoms in total. The number of benzene rings is 1. The Morgan fingerprint density at radius 1 is 1.30 bits per heavy atom. The van der Waals surface area contributed by atoms with E-state index in [1.165, 1.54) is 0 Å². The van der Waals surface area contributed by atoms with E-state index in [9.17, 15) is 4.79 Å². The molecular formula is C19H21N7O. The molecule has 3 N–H and O–H groups in total. The number of nitrogens with one attached hydrogen (secondary N) is 1. The SMILES string of the molecule is CN(C)c1cccc(Nc2ncc3c(n2)-c2c(c(C(N)=O)nn2C)CC3)c1. The smallest absolute Gasteiger partial charge is 0.269 e. The number of hydrogen-bond acceptors (Lipinski definition) is 6. The number of hydrogen-bond donors (Lipinski definition) is 2. The second-order valence-electron chi connectivity index (χ2n) is 6.80. The highest BCUT2D eigenvalue weighted by Crippen LogP contribution is 2.34. The summed E-state index contributed by atoms with van der Waals surface area (Å²) in [6.07, 6.45) is 3.29. The molecule has 0 radical (unpaired) electrons. The topological polar surface area (TPSA) is 102 Å². The molecule has 27 heavy (non-hydrogen) atoms. The lowest BCUT2D eigenvalue weighted by atomic mass is 9.93. The summed E-state index contributed by atoms with van der Waals surface area (Å²) in [5.74, 6) is -0.0115. The van der Waals surface area contributed by atoms with E-state index in [4.69, 9.17) is 10.7 Å². The molecular weight excluding hydrogens is 342 g/mol. The van der Waals surface area contributed by atoms with Crippen LogP contribution in [0, 0.1) is 0 Å². The lowest BCUT2D eigenvalue weighted by Gasteiger charge is -2.18. The monoisotopic (exact) mass is 363 g/mol. The zero-order valence-corrected chi connectivity index (χ0v) is 15.5. The standard InChI is InChI=1S/C19H21N7O/c1-25(2)13-6-4-5-12(9-13)22-19-21-10-11-7-8-14-16(18(20)27)24-26(3)17(14)15(11)23-19/h4-6,9-10H,7-8H2,1-3H3,(H2,20,27)(H,21,22,23). The van der Waals surface area contributed by atoms with Gasteiger partial charge in [0.05, 0.1) is 11.4 Å². The van der Waals surface area contributed by atoms with Crippen molar-refractivity contribution >= 4 is 23.2 Å². The quantitative estimate of drug-likeness (QED) is 0.734. The van der Waals surface area contributed by atoms with Crippen LogP contribution in [0.1, 0.15) is 21.6 Å². The number of nitrogens with two attached hydrogens (primary N) is 1. The molecule has 0 aliphatic heterocycles. The van der Waals surface area contributed by atoms with Crippen molar-refractivity contribution in [2.24, 2.45) is 12.8 Å². The fourth-order valence-corrected chi connectivity index (χ4v) is 3.40. The van der Waals surface area contributed by atoms with Crippen LogP contribution in [0.2, 0.25) is 0 Å². The Balaban J connectivity index is 1.73. The van der Waals surface area contributed by atoms with Crippen LogP contribution in [0.5, 0.6) is 0 Å². The molecule has 1 aromatic carbocycles. The van der Waals surface area contributed by atoms with Crippen LogP contribution in [-0.2, 0) is 19.9 Å². The number of amides is 1. The molecule has 4 rings (SSSR count). The number of primary amides is 1. The van der Waals surface area contributed by atoms with Crippen molar-refractivity contribution in [1.82, 2.24) is 19.7 Å². The van der Waals surface area contributed by atoms with Gasteiger partial charge in [0.15, 0.2) is 5.69 Å². The van der Waals surface area contributed by atoms with Gasteiger partial charge in [0, 0.05) is 44.3 Å². The van der Waals surface area contributed by atoms with Gasteiger partial charge < -0.3 is 16.0 Å². The highest BCUT2D eigenvalue weighted by molar-refractivity contribution is 5.94. The Morgan fingerprint density at radius 3 is 2.85 bits per heavy atom.